The Hall–Kier alpha value is -3.23. The first kappa shape index (κ1) is 29.3. The molecular weight excluding hydrogens is 560 g/mol. The number of rotatable bonds is 6. The minimum atomic E-state index is -1.00. The Balaban J connectivity index is 1.65. The molecule has 7 nitrogen and oxygen atoms in total. The third-order valence-electron chi connectivity index (χ3n) is 7.68. The van der Waals surface area contributed by atoms with Crippen LogP contribution in [0.2, 0.25) is 5.02 Å². The van der Waals surface area contributed by atoms with Gasteiger partial charge in [0.05, 0.1) is 17.6 Å². The molecule has 9 heteroatoms. The molecule has 1 fully saturated rings. The van der Waals surface area contributed by atoms with Gasteiger partial charge in [-0.25, -0.2) is 4.79 Å². The number of carboxylic acids is 1. The van der Waals surface area contributed by atoms with Crippen LogP contribution in [0.4, 0.5) is 5.69 Å². The third kappa shape index (κ3) is 5.90. The summed E-state index contributed by atoms with van der Waals surface area (Å²) in [6.07, 6.45) is 0.975. The number of nitrogens with zero attached hydrogens (tertiary/aromatic N) is 2. The van der Waals surface area contributed by atoms with Crippen LogP contribution in [0.5, 0.6) is 5.75 Å². The van der Waals surface area contributed by atoms with E-state index >= 15 is 0 Å². The first-order valence-corrected chi connectivity index (χ1v) is 15.1. The van der Waals surface area contributed by atoms with Crippen LogP contribution >= 0.6 is 23.4 Å². The second kappa shape index (κ2) is 11.6. The van der Waals surface area contributed by atoms with Crippen molar-refractivity contribution >= 4 is 57.6 Å². The number of carbonyl (C=O) groups is 3. The highest BCUT2D eigenvalue weighted by molar-refractivity contribution is 8.01. The first-order valence-electron chi connectivity index (χ1n) is 13.8. The van der Waals surface area contributed by atoms with Gasteiger partial charge in [-0.2, -0.15) is 0 Å². The van der Waals surface area contributed by atoms with Crippen molar-refractivity contribution in [2.45, 2.75) is 56.6 Å². The molecule has 41 heavy (non-hydrogen) atoms. The zero-order valence-corrected chi connectivity index (χ0v) is 25.3. The van der Waals surface area contributed by atoms with Crippen molar-refractivity contribution in [2.75, 3.05) is 25.1 Å². The van der Waals surface area contributed by atoms with Crippen molar-refractivity contribution in [1.82, 2.24) is 4.90 Å². The van der Waals surface area contributed by atoms with Gasteiger partial charge in [0.15, 0.2) is 0 Å². The van der Waals surface area contributed by atoms with Crippen LogP contribution in [-0.4, -0.2) is 59.3 Å². The fourth-order valence-electron chi connectivity index (χ4n) is 5.88. The largest absolute Gasteiger partial charge is 0.496 e. The van der Waals surface area contributed by atoms with Crippen molar-refractivity contribution in [3.8, 4) is 5.75 Å². The summed E-state index contributed by atoms with van der Waals surface area (Å²) in [6, 6.07) is 16.7. The molecule has 0 saturated carbocycles. The molecule has 0 aromatic heterocycles. The summed E-state index contributed by atoms with van der Waals surface area (Å²) in [7, 11) is 1.64. The van der Waals surface area contributed by atoms with Crippen LogP contribution in [0, 0.1) is 5.41 Å². The molecule has 3 aromatic rings. The Bertz CT molecular complexity index is 1500. The molecule has 3 aromatic carbocycles. The lowest BCUT2D eigenvalue weighted by Gasteiger charge is -2.32. The van der Waals surface area contributed by atoms with Crippen LogP contribution in [0.15, 0.2) is 54.6 Å². The van der Waals surface area contributed by atoms with Gasteiger partial charge in [-0.3, -0.25) is 9.59 Å². The zero-order chi connectivity index (χ0) is 29.5. The molecule has 3 atom stereocenters. The molecule has 0 bridgehead atoms. The number of amides is 2. The molecule has 2 amide bonds. The average Bonchev–Trinajstić information content (AvgIpc) is 3.40. The molecule has 1 saturated heterocycles. The van der Waals surface area contributed by atoms with Crippen molar-refractivity contribution < 1.29 is 24.2 Å². The summed E-state index contributed by atoms with van der Waals surface area (Å²) in [5.41, 5.74) is 2.44. The van der Waals surface area contributed by atoms with Crippen molar-refractivity contribution in [1.29, 1.82) is 0 Å². The standard InChI is InChI=1S/C32H35ClN2O5S/c1-32(2,3)18-35-24-13-11-19(33)16-23(24)29(22-12-14-26(40-4)21-9-6-5-8-20(21)22)41-27(30(35)37)17-28(36)34-15-7-10-25(34)31(38)39/h5-6,8-9,11-14,16,25,27,29H,7,10,15,17-18H2,1-4H3,(H,38,39)/t25-,27+,29+/m1/s1. The molecule has 1 N–H and O–H groups in total. The van der Waals surface area contributed by atoms with Gasteiger partial charge in [0.2, 0.25) is 11.8 Å². The number of hydrogen-bond donors (Lipinski definition) is 1. The third-order valence-corrected chi connectivity index (χ3v) is 9.39. The van der Waals surface area contributed by atoms with Crippen molar-refractivity contribution in [2.24, 2.45) is 5.41 Å². The predicted molar refractivity (Wildman–Crippen MR) is 164 cm³/mol. The molecule has 0 spiro atoms. The van der Waals surface area contributed by atoms with Gasteiger partial charge in [0.1, 0.15) is 11.8 Å². The van der Waals surface area contributed by atoms with E-state index in [1.165, 1.54) is 16.7 Å². The zero-order valence-electron chi connectivity index (χ0n) is 23.7. The number of ether oxygens (including phenoxy) is 1. The predicted octanol–water partition coefficient (Wildman–Crippen LogP) is 6.55. The lowest BCUT2D eigenvalue weighted by atomic mass is 9.93. The Morgan fingerprint density at radius 3 is 2.49 bits per heavy atom. The number of carboxylic acid groups (broad SMARTS) is 1. The molecule has 2 heterocycles. The highest BCUT2D eigenvalue weighted by Crippen LogP contribution is 2.50. The number of likely N-dealkylation sites (tertiary alicyclic amines) is 1. The molecule has 2 aliphatic heterocycles. The lowest BCUT2D eigenvalue weighted by Crippen LogP contribution is -2.45. The summed E-state index contributed by atoms with van der Waals surface area (Å²) in [5, 5.41) is 11.1. The van der Waals surface area contributed by atoms with Gasteiger partial charge in [-0.05, 0) is 59.0 Å². The maximum atomic E-state index is 14.3. The van der Waals surface area contributed by atoms with Gasteiger partial charge in [-0.1, -0.05) is 62.7 Å². The monoisotopic (exact) mass is 594 g/mol. The normalized spacial score (nSPS) is 21.1. The van der Waals surface area contributed by atoms with Gasteiger partial charge in [-0.15, -0.1) is 11.8 Å². The van der Waals surface area contributed by atoms with E-state index in [1.807, 2.05) is 48.5 Å². The number of benzene rings is 3. The Morgan fingerprint density at radius 1 is 1.07 bits per heavy atom. The summed E-state index contributed by atoms with van der Waals surface area (Å²) < 4.78 is 5.64. The smallest absolute Gasteiger partial charge is 0.326 e. The maximum Gasteiger partial charge on any atom is 0.326 e. The van der Waals surface area contributed by atoms with Crippen LogP contribution < -0.4 is 9.64 Å². The fourth-order valence-corrected chi connectivity index (χ4v) is 7.56. The van der Waals surface area contributed by atoms with Crippen LogP contribution in [0.25, 0.3) is 10.8 Å². The summed E-state index contributed by atoms with van der Waals surface area (Å²) in [5.74, 6) is -0.720. The number of halogens is 1. The van der Waals surface area contributed by atoms with E-state index in [-0.39, 0.29) is 28.9 Å². The van der Waals surface area contributed by atoms with Crippen molar-refractivity contribution in [3.05, 3.63) is 70.7 Å². The molecular formula is C32H35ClN2O5S. The van der Waals surface area contributed by atoms with E-state index in [0.717, 1.165) is 33.3 Å². The van der Waals surface area contributed by atoms with Crippen molar-refractivity contribution in [3.63, 3.8) is 0 Å². The SMILES string of the molecule is COc1ccc([C@@H]2S[C@@H](CC(=O)N3CCC[C@@H]3C(=O)O)C(=O)N(CC(C)(C)C)c3ccc(Cl)cc32)c2ccccc12. The van der Waals surface area contributed by atoms with E-state index < -0.39 is 17.3 Å². The average molecular weight is 595 g/mol. The summed E-state index contributed by atoms with van der Waals surface area (Å²) in [6.45, 7) is 7.05. The van der Waals surface area contributed by atoms with Gasteiger partial charge in [0.25, 0.3) is 0 Å². The molecule has 0 aliphatic carbocycles. The van der Waals surface area contributed by atoms with E-state index in [4.69, 9.17) is 16.3 Å². The molecule has 0 radical (unpaired) electrons. The summed E-state index contributed by atoms with van der Waals surface area (Å²) >= 11 is 8.00. The van der Waals surface area contributed by atoms with E-state index in [2.05, 4.69) is 20.8 Å². The minimum absolute atomic E-state index is 0.0831. The van der Waals surface area contributed by atoms with E-state index in [0.29, 0.717) is 31.0 Å². The topological polar surface area (TPSA) is 87.1 Å². The Kier molecular flexibility index (Phi) is 8.26. The number of fused-ring (bicyclic) bond motifs is 2. The van der Waals surface area contributed by atoms with E-state index in [1.54, 1.807) is 18.1 Å². The number of thioether (sulfide) groups is 1. The van der Waals surface area contributed by atoms with Gasteiger partial charge >= 0.3 is 5.97 Å². The second-order valence-corrected chi connectivity index (χ2v) is 13.6. The van der Waals surface area contributed by atoms with Crippen LogP contribution in [0.3, 0.4) is 0 Å². The Labute approximate surface area is 249 Å². The number of aliphatic carboxylic acids is 1. The molecule has 216 valence electrons. The summed E-state index contributed by atoms with van der Waals surface area (Å²) in [4.78, 5) is 43.0. The fraction of sp³-hybridized carbons (Fsp3) is 0.406. The number of carbonyl (C=O) groups excluding carboxylic acids is 2. The number of hydrogen-bond acceptors (Lipinski definition) is 5. The lowest BCUT2D eigenvalue weighted by molar-refractivity contribution is -0.148. The maximum absolute atomic E-state index is 14.3. The van der Waals surface area contributed by atoms with Crippen LogP contribution in [0.1, 0.15) is 56.4 Å². The first-order chi connectivity index (χ1) is 19.5. The second-order valence-electron chi connectivity index (χ2n) is 11.9. The minimum Gasteiger partial charge on any atom is -0.496 e. The Morgan fingerprint density at radius 2 is 1.80 bits per heavy atom. The van der Waals surface area contributed by atoms with Crippen LogP contribution in [-0.2, 0) is 14.4 Å². The van der Waals surface area contributed by atoms with Gasteiger partial charge < -0.3 is 19.6 Å². The van der Waals surface area contributed by atoms with Gasteiger partial charge in [0, 0.05) is 35.6 Å². The quantitative estimate of drug-likeness (QED) is 0.348. The molecule has 5 rings (SSSR count). The number of anilines is 1. The number of methoxy groups -OCH3 is 1. The highest BCUT2D eigenvalue weighted by Gasteiger charge is 2.42. The highest BCUT2D eigenvalue weighted by atomic mass is 35.5. The van der Waals surface area contributed by atoms with E-state index in [9.17, 15) is 19.5 Å². The molecule has 2 aliphatic rings. The molecule has 0 unspecified atom stereocenters.